The number of carbonyl (C=O) groups is 1. The average Bonchev–Trinajstić information content (AvgIpc) is 2.54. The molecule has 0 aliphatic rings. The predicted molar refractivity (Wildman–Crippen MR) is 81.0 cm³/mol. The number of benzene rings is 2. The van der Waals surface area contributed by atoms with E-state index >= 15 is 0 Å². The third kappa shape index (κ3) is 3.65. The molecule has 24 heavy (non-hydrogen) atoms. The van der Waals surface area contributed by atoms with Crippen LogP contribution >= 0.6 is 0 Å². The molecule has 4 nitrogen and oxygen atoms in total. The molecule has 0 spiro atoms. The van der Waals surface area contributed by atoms with E-state index in [2.05, 4.69) is 5.32 Å². The molecule has 0 bridgehead atoms. The Kier molecular flexibility index (Phi) is 5.40. The highest BCUT2D eigenvalue weighted by Crippen LogP contribution is 2.22. The first-order valence-corrected chi connectivity index (χ1v) is 6.91. The molecule has 2 aromatic rings. The standard InChI is InChI=1S/C16H14F4N2O2/c1-22(6-7-23)10-4-2-9(3-5-10)21-16(24)13-14(19)11(17)8-12(18)15(13)20/h2-5,8,23H,6-7H2,1H3,(H,21,24). The molecular weight excluding hydrogens is 328 g/mol. The Bertz CT molecular complexity index is 724. The zero-order chi connectivity index (χ0) is 17.9. The zero-order valence-corrected chi connectivity index (χ0v) is 12.6. The lowest BCUT2D eigenvalue weighted by atomic mass is 10.1. The van der Waals surface area contributed by atoms with Crippen LogP contribution in [-0.2, 0) is 0 Å². The van der Waals surface area contributed by atoms with Gasteiger partial charge in [-0.25, -0.2) is 17.6 Å². The van der Waals surface area contributed by atoms with Crippen LogP contribution in [0.25, 0.3) is 0 Å². The van der Waals surface area contributed by atoms with Crippen LogP contribution in [0.15, 0.2) is 30.3 Å². The van der Waals surface area contributed by atoms with Gasteiger partial charge in [-0.05, 0) is 24.3 Å². The van der Waals surface area contributed by atoms with E-state index in [0.29, 0.717) is 6.54 Å². The van der Waals surface area contributed by atoms with Gasteiger partial charge < -0.3 is 15.3 Å². The molecule has 0 atom stereocenters. The number of anilines is 2. The maximum absolute atomic E-state index is 13.6. The smallest absolute Gasteiger partial charge is 0.261 e. The van der Waals surface area contributed by atoms with E-state index in [1.807, 2.05) is 0 Å². The molecule has 0 fully saturated rings. The first-order valence-electron chi connectivity index (χ1n) is 6.91. The summed E-state index contributed by atoms with van der Waals surface area (Å²) in [6.07, 6.45) is 0. The van der Waals surface area contributed by atoms with Gasteiger partial charge in [-0.3, -0.25) is 4.79 Å². The molecule has 2 N–H and O–H groups in total. The van der Waals surface area contributed by atoms with Gasteiger partial charge in [-0.2, -0.15) is 0 Å². The van der Waals surface area contributed by atoms with E-state index in [1.165, 1.54) is 12.1 Å². The van der Waals surface area contributed by atoms with Crippen molar-refractivity contribution in [3.63, 3.8) is 0 Å². The Morgan fingerprint density at radius 2 is 1.62 bits per heavy atom. The molecule has 0 aliphatic carbocycles. The van der Waals surface area contributed by atoms with Crippen molar-refractivity contribution >= 4 is 17.3 Å². The summed E-state index contributed by atoms with van der Waals surface area (Å²) in [5, 5.41) is 11.0. The summed E-state index contributed by atoms with van der Waals surface area (Å²) in [7, 11) is 1.74. The fourth-order valence-electron chi connectivity index (χ4n) is 2.04. The highest BCUT2D eigenvalue weighted by molar-refractivity contribution is 6.04. The van der Waals surface area contributed by atoms with Crippen LogP contribution in [0.4, 0.5) is 28.9 Å². The van der Waals surface area contributed by atoms with Crippen LogP contribution in [-0.4, -0.2) is 31.2 Å². The number of nitrogens with zero attached hydrogens (tertiary/aromatic N) is 1. The Labute approximate surface area is 135 Å². The van der Waals surface area contributed by atoms with Crippen molar-refractivity contribution in [2.24, 2.45) is 0 Å². The van der Waals surface area contributed by atoms with E-state index in [1.54, 1.807) is 24.1 Å². The Hall–Kier alpha value is -2.61. The van der Waals surface area contributed by atoms with E-state index in [-0.39, 0.29) is 18.4 Å². The van der Waals surface area contributed by atoms with Gasteiger partial charge in [0.15, 0.2) is 23.3 Å². The fourth-order valence-corrected chi connectivity index (χ4v) is 2.04. The van der Waals surface area contributed by atoms with Crippen LogP contribution < -0.4 is 10.2 Å². The van der Waals surface area contributed by atoms with Crippen LogP contribution in [0.3, 0.4) is 0 Å². The van der Waals surface area contributed by atoms with E-state index in [9.17, 15) is 22.4 Å². The minimum atomic E-state index is -1.76. The monoisotopic (exact) mass is 342 g/mol. The summed E-state index contributed by atoms with van der Waals surface area (Å²) in [6, 6.07) is 6.14. The average molecular weight is 342 g/mol. The summed E-state index contributed by atoms with van der Waals surface area (Å²) >= 11 is 0. The van der Waals surface area contributed by atoms with Gasteiger partial charge in [-0.15, -0.1) is 0 Å². The van der Waals surface area contributed by atoms with Crippen LogP contribution in [0, 0.1) is 23.3 Å². The van der Waals surface area contributed by atoms with Crippen molar-refractivity contribution in [3.05, 3.63) is 59.2 Å². The number of aliphatic hydroxyl groups excluding tert-OH is 1. The minimum Gasteiger partial charge on any atom is -0.395 e. The maximum atomic E-state index is 13.6. The first-order chi connectivity index (χ1) is 11.3. The Morgan fingerprint density at radius 1 is 1.08 bits per heavy atom. The Morgan fingerprint density at radius 3 is 2.12 bits per heavy atom. The summed E-state index contributed by atoms with van der Waals surface area (Å²) in [4.78, 5) is 13.7. The van der Waals surface area contributed by atoms with E-state index in [4.69, 9.17) is 5.11 Å². The number of hydrogen-bond donors (Lipinski definition) is 2. The second-order valence-corrected chi connectivity index (χ2v) is 4.99. The molecule has 0 aromatic heterocycles. The number of carbonyl (C=O) groups excluding carboxylic acids is 1. The number of halogens is 4. The minimum absolute atomic E-state index is 0.0350. The van der Waals surface area contributed by atoms with E-state index in [0.717, 1.165) is 5.69 Å². The molecule has 8 heteroatoms. The van der Waals surface area contributed by atoms with Crippen molar-refractivity contribution in [2.75, 3.05) is 30.4 Å². The molecule has 0 saturated carbocycles. The normalized spacial score (nSPS) is 10.6. The second kappa shape index (κ2) is 7.31. The predicted octanol–water partition coefficient (Wildman–Crippen LogP) is 2.92. The van der Waals surface area contributed by atoms with Gasteiger partial charge in [0.25, 0.3) is 5.91 Å². The van der Waals surface area contributed by atoms with Gasteiger partial charge >= 0.3 is 0 Å². The van der Waals surface area contributed by atoms with Crippen LogP contribution in [0.5, 0.6) is 0 Å². The van der Waals surface area contributed by atoms with Gasteiger partial charge in [0.05, 0.1) is 6.61 Å². The molecule has 2 aromatic carbocycles. The van der Waals surface area contributed by atoms with Gasteiger partial charge in [-0.1, -0.05) is 0 Å². The topological polar surface area (TPSA) is 52.6 Å². The molecule has 0 radical (unpaired) electrons. The van der Waals surface area contributed by atoms with Crippen LogP contribution in [0.2, 0.25) is 0 Å². The number of hydrogen-bond acceptors (Lipinski definition) is 3. The third-order valence-corrected chi connectivity index (χ3v) is 3.34. The van der Waals surface area contributed by atoms with Crippen molar-refractivity contribution in [1.82, 2.24) is 0 Å². The second-order valence-electron chi connectivity index (χ2n) is 4.99. The molecular formula is C16H14F4N2O2. The number of aliphatic hydroxyl groups is 1. The molecule has 1 amide bonds. The maximum Gasteiger partial charge on any atom is 0.261 e. The number of nitrogens with one attached hydrogen (secondary N) is 1. The third-order valence-electron chi connectivity index (χ3n) is 3.34. The SMILES string of the molecule is CN(CCO)c1ccc(NC(=O)c2c(F)c(F)cc(F)c2F)cc1. The summed E-state index contributed by atoms with van der Waals surface area (Å²) < 4.78 is 53.4. The van der Waals surface area contributed by atoms with Crippen molar-refractivity contribution in [3.8, 4) is 0 Å². The summed E-state index contributed by atoms with van der Waals surface area (Å²) in [5.41, 5.74) is -0.408. The van der Waals surface area contributed by atoms with Gasteiger partial charge in [0.2, 0.25) is 0 Å². The summed E-state index contributed by atoms with van der Waals surface area (Å²) in [5.74, 6) is -8.13. The van der Waals surface area contributed by atoms with Gasteiger partial charge in [0, 0.05) is 31.0 Å². The van der Waals surface area contributed by atoms with Crippen molar-refractivity contribution < 1.29 is 27.5 Å². The molecule has 0 unspecified atom stereocenters. The van der Waals surface area contributed by atoms with Crippen molar-refractivity contribution in [2.45, 2.75) is 0 Å². The molecule has 0 heterocycles. The fraction of sp³-hybridized carbons (Fsp3) is 0.188. The lowest BCUT2D eigenvalue weighted by Crippen LogP contribution is -2.21. The molecule has 128 valence electrons. The molecule has 0 aliphatic heterocycles. The van der Waals surface area contributed by atoms with Gasteiger partial charge in [0.1, 0.15) is 5.56 Å². The highest BCUT2D eigenvalue weighted by Gasteiger charge is 2.24. The number of rotatable bonds is 5. The van der Waals surface area contributed by atoms with E-state index < -0.39 is 34.7 Å². The molecule has 2 rings (SSSR count). The van der Waals surface area contributed by atoms with Crippen LogP contribution in [0.1, 0.15) is 10.4 Å². The quantitative estimate of drug-likeness (QED) is 0.649. The number of likely N-dealkylation sites (N-methyl/N-ethyl adjacent to an activating group) is 1. The lowest BCUT2D eigenvalue weighted by Gasteiger charge is -2.18. The number of amides is 1. The zero-order valence-electron chi connectivity index (χ0n) is 12.6. The lowest BCUT2D eigenvalue weighted by molar-refractivity contribution is 0.101. The molecule has 0 saturated heterocycles. The highest BCUT2D eigenvalue weighted by atomic mass is 19.2. The summed E-state index contributed by atoms with van der Waals surface area (Å²) in [6.45, 7) is 0.351. The largest absolute Gasteiger partial charge is 0.395 e. The Balaban J connectivity index is 2.22. The van der Waals surface area contributed by atoms with Crippen molar-refractivity contribution in [1.29, 1.82) is 0 Å². The first kappa shape index (κ1) is 17.7.